The highest BCUT2D eigenvalue weighted by Gasteiger charge is 2.14. The van der Waals surface area contributed by atoms with Crippen LogP contribution in [0.5, 0.6) is 0 Å². The van der Waals surface area contributed by atoms with Crippen molar-refractivity contribution in [3.8, 4) is 0 Å². The van der Waals surface area contributed by atoms with Gasteiger partial charge in [-0.15, -0.1) is 0 Å². The van der Waals surface area contributed by atoms with Crippen molar-refractivity contribution >= 4 is 17.2 Å². The van der Waals surface area contributed by atoms with E-state index in [1.807, 2.05) is 31.2 Å². The zero-order chi connectivity index (χ0) is 16.6. The molecule has 5 heteroatoms. The second kappa shape index (κ2) is 5.50. The van der Waals surface area contributed by atoms with E-state index < -0.39 is 0 Å². The van der Waals surface area contributed by atoms with Gasteiger partial charge in [0, 0.05) is 17.4 Å². The van der Waals surface area contributed by atoms with Crippen LogP contribution in [0.15, 0.2) is 42.6 Å². The fourth-order valence-electron chi connectivity index (χ4n) is 2.43. The molecule has 2 aromatic heterocycles. The predicted octanol–water partition coefficient (Wildman–Crippen LogP) is 3.59. The predicted molar refractivity (Wildman–Crippen MR) is 90.8 cm³/mol. The van der Waals surface area contributed by atoms with Gasteiger partial charge in [-0.1, -0.05) is 32.9 Å². The molecule has 1 N–H and O–H groups in total. The summed E-state index contributed by atoms with van der Waals surface area (Å²) in [6.45, 7) is 8.38. The Labute approximate surface area is 135 Å². The second-order valence-corrected chi connectivity index (χ2v) is 6.67. The third-order valence-corrected chi connectivity index (χ3v) is 3.78. The Bertz CT molecular complexity index is 857. The van der Waals surface area contributed by atoms with E-state index in [0.29, 0.717) is 11.3 Å². The van der Waals surface area contributed by atoms with Crippen LogP contribution in [-0.2, 0) is 5.41 Å². The topological polar surface area (TPSA) is 59.3 Å². The molecule has 118 valence electrons. The second-order valence-electron chi connectivity index (χ2n) is 6.67. The number of carbonyl (C=O) groups is 1. The molecule has 5 nitrogen and oxygen atoms in total. The van der Waals surface area contributed by atoms with Crippen LogP contribution in [0, 0.1) is 6.92 Å². The molecule has 23 heavy (non-hydrogen) atoms. The lowest BCUT2D eigenvalue weighted by Crippen LogP contribution is -2.16. The zero-order valence-electron chi connectivity index (χ0n) is 13.8. The number of carbonyl (C=O) groups excluding carboxylic acids is 1. The number of fused-ring (bicyclic) bond motifs is 1. The molecule has 0 spiro atoms. The number of aromatic nitrogens is 3. The highest BCUT2D eigenvalue weighted by atomic mass is 16.1. The summed E-state index contributed by atoms with van der Waals surface area (Å²) in [6, 6.07) is 11.4. The summed E-state index contributed by atoms with van der Waals surface area (Å²) in [5.41, 5.74) is 4.00. The molecule has 0 saturated heterocycles. The van der Waals surface area contributed by atoms with Crippen molar-refractivity contribution in [3.63, 3.8) is 0 Å². The summed E-state index contributed by atoms with van der Waals surface area (Å²) in [5.74, 6) is -0.222. The van der Waals surface area contributed by atoms with Crippen LogP contribution in [0.1, 0.15) is 42.5 Å². The summed E-state index contributed by atoms with van der Waals surface area (Å²) in [7, 11) is 0. The van der Waals surface area contributed by atoms with Gasteiger partial charge in [0.1, 0.15) is 5.69 Å². The summed E-state index contributed by atoms with van der Waals surface area (Å²) in [5, 5.41) is 7.05. The summed E-state index contributed by atoms with van der Waals surface area (Å²) >= 11 is 0. The first kappa shape index (κ1) is 15.2. The lowest BCUT2D eigenvalue weighted by molar-refractivity contribution is 0.102. The van der Waals surface area contributed by atoms with Crippen LogP contribution in [0.3, 0.4) is 0 Å². The third-order valence-electron chi connectivity index (χ3n) is 3.78. The van der Waals surface area contributed by atoms with Gasteiger partial charge in [-0.25, -0.2) is 9.50 Å². The molecule has 0 bridgehead atoms. The number of hydrogen-bond donors (Lipinski definition) is 1. The van der Waals surface area contributed by atoms with E-state index in [2.05, 4.69) is 36.2 Å². The van der Waals surface area contributed by atoms with Crippen LogP contribution in [0.25, 0.3) is 5.65 Å². The summed E-state index contributed by atoms with van der Waals surface area (Å²) < 4.78 is 1.70. The maximum atomic E-state index is 12.4. The first-order valence-electron chi connectivity index (χ1n) is 7.58. The van der Waals surface area contributed by atoms with Gasteiger partial charge in [-0.2, -0.15) is 5.10 Å². The molecule has 0 unspecified atom stereocenters. The molecule has 1 amide bonds. The van der Waals surface area contributed by atoms with Crippen molar-refractivity contribution in [1.29, 1.82) is 0 Å². The van der Waals surface area contributed by atoms with E-state index in [1.165, 1.54) is 5.56 Å². The van der Waals surface area contributed by atoms with Crippen LogP contribution in [0.4, 0.5) is 5.69 Å². The van der Waals surface area contributed by atoms with Gasteiger partial charge in [-0.3, -0.25) is 4.79 Å². The van der Waals surface area contributed by atoms with E-state index in [0.717, 1.165) is 11.4 Å². The maximum absolute atomic E-state index is 12.4. The molecule has 3 rings (SSSR count). The number of nitrogens with zero attached hydrogens (tertiary/aromatic N) is 3. The quantitative estimate of drug-likeness (QED) is 0.787. The van der Waals surface area contributed by atoms with Crippen LogP contribution in [0.2, 0.25) is 0 Å². The monoisotopic (exact) mass is 308 g/mol. The molecule has 0 aliphatic rings. The van der Waals surface area contributed by atoms with Gasteiger partial charge >= 0.3 is 0 Å². The van der Waals surface area contributed by atoms with Crippen molar-refractivity contribution in [1.82, 2.24) is 14.6 Å². The van der Waals surface area contributed by atoms with E-state index in [9.17, 15) is 4.79 Å². The number of anilines is 1. The average Bonchev–Trinajstić information content (AvgIpc) is 2.96. The van der Waals surface area contributed by atoms with Crippen LogP contribution < -0.4 is 5.32 Å². The van der Waals surface area contributed by atoms with E-state index in [-0.39, 0.29) is 11.3 Å². The molecule has 0 aliphatic carbocycles. The minimum absolute atomic E-state index is 0.0915. The lowest BCUT2D eigenvalue weighted by atomic mass is 9.87. The number of hydrogen-bond acceptors (Lipinski definition) is 3. The number of amides is 1. The van der Waals surface area contributed by atoms with Gasteiger partial charge in [0.15, 0.2) is 5.65 Å². The lowest BCUT2D eigenvalue weighted by Gasteiger charge is -2.19. The van der Waals surface area contributed by atoms with Crippen LogP contribution >= 0.6 is 0 Å². The molecule has 1 aromatic carbocycles. The smallest absolute Gasteiger partial charge is 0.274 e. The average molecular weight is 308 g/mol. The van der Waals surface area contributed by atoms with Gasteiger partial charge < -0.3 is 5.32 Å². The minimum Gasteiger partial charge on any atom is -0.321 e. The molecule has 0 atom stereocenters. The third kappa shape index (κ3) is 3.08. The molecule has 0 radical (unpaired) electrons. The fraction of sp³-hybridized carbons (Fsp3) is 0.278. The van der Waals surface area contributed by atoms with Crippen molar-refractivity contribution in [3.05, 3.63) is 59.5 Å². The molecule has 2 heterocycles. The van der Waals surface area contributed by atoms with Gasteiger partial charge in [0.05, 0.1) is 6.20 Å². The Hall–Kier alpha value is -2.69. The zero-order valence-corrected chi connectivity index (χ0v) is 13.8. The summed E-state index contributed by atoms with van der Waals surface area (Å²) in [4.78, 5) is 16.7. The van der Waals surface area contributed by atoms with Gasteiger partial charge in [0.2, 0.25) is 0 Å². The van der Waals surface area contributed by atoms with Crippen molar-refractivity contribution in [2.24, 2.45) is 0 Å². The number of nitrogens with one attached hydrogen (secondary N) is 1. The standard InChI is InChI=1S/C18H20N4O/c1-12-11-15(21-16-9-10-19-22(12)16)17(23)20-14-7-5-13(6-8-14)18(2,3)4/h5-11H,1-4H3,(H,20,23). The van der Waals surface area contributed by atoms with Crippen molar-refractivity contribution < 1.29 is 4.79 Å². The van der Waals surface area contributed by atoms with Crippen molar-refractivity contribution in [2.75, 3.05) is 5.32 Å². The Morgan fingerprint density at radius 3 is 2.48 bits per heavy atom. The van der Waals surface area contributed by atoms with Crippen LogP contribution in [-0.4, -0.2) is 20.5 Å². The number of rotatable bonds is 2. The highest BCUT2D eigenvalue weighted by molar-refractivity contribution is 6.03. The van der Waals surface area contributed by atoms with Gasteiger partial charge in [-0.05, 0) is 36.1 Å². The van der Waals surface area contributed by atoms with Gasteiger partial charge in [0.25, 0.3) is 5.91 Å². The Kier molecular flexibility index (Phi) is 3.64. The minimum atomic E-state index is -0.222. The highest BCUT2D eigenvalue weighted by Crippen LogP contribution is 2.23. The molecular formula is C18H20N4O. The van der Waals surface area contributed by atoms with E-state index in [4.69, 9.17) is 0 Å². The fourth-order valence-corrected chi connectivity index (χ4v) is 2.43. The Balaban J connectivity index is 1.83. The Morgan fingerprint density at radius 2 is 1.83 bits per heavy atom. The molecule has 0 saturated carbocycles. The molecule has 0 fully saturated rings. The first-order chi connectivity index (χ1) is 10.8. The number of benzene rings is 1. The maximum Gasteiger partial charge on any atom is 0.274 e. The summed E-state index contributed by atoms with van der Waals surface area (Å²) in [6.07, 6.45) is 1.67. The first-order valence-corrected chi connectivity index (χ1v) is 7.58. The normalized spacial score (nSPS) is 11.7. The van der Waals surface area contributed by atoms with Crippen molar-refractivity contribution in [2.45, 2.75) is 33.1 Å². The molecule has 3 aromatic rings. The van der Waals surface area contributed by atoms with E-state index >= 15 is 0 Å². The SMILES string of the molecule is Cc1cc(C(=O)Nc2ccc(C(C)(C)C)cc2)nc2ccnn12. The molecular weight excluding hydrogens is 288 g/mol. The largest absolute Gasteiger partial charge is 0.321 e. The molecule has 0 aliphatic heterocycles. The Morgan fingerprint density at radius 1 is 1.13 bits per heavy atom. The number of aryl methyl sites for hydroxylation is 1. The van der Waals surface area contributed by atoms with E-state index in [1.54, 1.807) is 22.8 Å².